The average molecular weight is 313 g/mol. The molecule has 0 unspecified atom stereocenters. The van der Waals surface area contributed by atoms with Crippen LogP contribution in [0.5, 0.6) is 11.5 Å². The molecular weight excluding hydrogens is 288 g/mol. The van der Waals surface area contributed by atoms with E-state index in [9.17, 15) is 0 Å². The summed E-state index contributed by atoms with van der Waals surface area (Å²) in [4.78, 5) is 0. The molecule has 2 aliphatic heterocycles. The number of rotatable bonds is 4. The van der Waals surface area contributed by atoms with Gasteiger partial charge in [0.2, 0.25) is 6.79 Å². The van der Waals surface area contributed by atoms with Gasteiger partial charge in [-0.2, -0.15) is 0 Å². The summed E-state index contributed by atoms with van der Waals surface area (Å²) in [5.74, 6) is 1.75. The van der Waals surface area contributed by atoms with E-state index in [4.69, 9.17) is 9.47 Å². The molecule has 1 fully saturated rings. The monoisotopic (exact) mass is 312 g/mol. The van der Waals surface area contributed by atoms with Gasteiger partial charge in [-0.15, -0.1) is 12.4 Å². The number of hydrogen-bond donors (Lipinski definition) is 0. The first-order valence-corrected chi connectivity index (χ1v) is 7.75. The lowest BCUT2D eigenvalue weighted by Gasteiger charge is -2.33. The SMILES string of the molecule is CCN(Cc1ccc2c(c1)OCO2)N1CCCCCC1.Cl. The fourth-order valence-electron chi connectivity index (χ4n) is 3.00. The molecule has 5 heteroatoms. The molecule has 1 saturated heterocycles. The van der Waals surface area contributed by atoms with E-state index in [-0.39, 0.29) is 12.4 Å². The zero-order valence-corrected chi connectivity index (χ0v) is 13.5. The van der Waals surface area contributed by atoms with Gasteiger partial charge >= 0.3 is 0 Å². The molecule has 0 atom stereocenters. The minimum atomic E-state index is 0. The van der Waals surface area contributed by atoms with Crippen LogP contribution in [0.2, 0.25) is 0 Å². The molecule has 2 aliphatic rings. The number of nitrogens with zero attached hydrogens (tertiary/aromatic N) is 2. The Morgan fingerprint density at radius 3 is 2.48 bits per heavy atom. The predicted octanol–water partition coefficient (Wildman–Crippen LogP) is 3.45. The Bertz CT molecular complexity index is 448. The Hall–Kier alpha value is -0.970. The van der Waals surface area contributed by atoms with Crippen molar-refractivity contribution < 1.29 is 9.47 Å². The van der Waals surface area contributed by atoms with Gasteiger partial charge in [0.25, 0.3) is 0 Å². The van der Waals surface area contributed by atoms with E-state index in [1.165, 1.54) is 44.3 Å². The van der Waals surface area contributed by atoms with Crippen molar-refractivity contribution in [3.05, 3.63) is 23.8 Å². The van der Waals surface area contributed by atoms with Crippen LogP contribution in [-0.4, -0.2) is 36.4 Å². The Morgan fingerprint density at radius 2 is 1.76 bits per heavy atom. The molecule has 0 saturated carbocycles. The standard InChI is InChI=1S/C16H24N2O2.ClH/c1-2-17(18-9-5-3-4-6-10-18)12-14-7-8-15-16(11-14)20-13-19-15;/h7-8,11H,2-6,9-10,12-13H2,1H3;1H. The zero-order valence-electron chi connectivity index (χ0n) is 12.7. The van der Waals surface area contributed by atoms with Crippen LogP contribution in [0.25, 0.3) is 0 Å². The quantitative estimate of drug-likeness (QED) is 0.850. The van der Waals surface area contributed by atoms with Crippen molar-refractivity contribution in [3.63, 3.8) is 0 Å². The van der Waals surface area contributed by atoms with Gasteiger partial charge in [0, 0.05) is 26.2 Å². The van der Waals surface area contributed by atoms with Crippen LogP contribution in [0.1, 0.15) is 38.2 Å². The van der Waals surface area contributed by atoms with Crippen LogP contribution in [0.4, 0.5) is 0 Å². The lowest BCUT2D eigenvalue weighted by atomic mass is 10.2. The van der Waals surface area contributed by atoms with E-state index in [0.717, 1.165) is 24.6 Å². The van der Waals surface area contributed by atoms with Crippen molar-refractivity contribution in [1.29, 1.82) is 0 Å². The maximum atomic E-state index is 5.47. The Balaban J connectivity index is 0.00000161. The lowest BCUT2D eigenvalue weighted by Crippen LogP contribution is -2.42. The first kappa shape index (κ1) is 16.4. The molecule has 1 aromatic rings. The van der Waals surface area contributed by atoms with Gasteiger partial charge in [-0.25, -0.2) is 10.0 Å². The van der Waals surface area contributed by atoms with Gasteiger partial charge in [0.05, 0.1) is 0 Å². The van der Waals surface area contributed by atoms with Crippen molar-refractivity contribution in [2.75, 3.05) is 26.4 Å². The van der Waals surface area contributed by atoms with Crippen molar-refractivity contribution in [1.82, 2.24) is 10.0 Å². The molecule has 2 heterocycles. The molecule has 0 radical (unpaired) electrons. The predicted molar refractivity (Wildman–Crippen MR) is 85.9 cm³/mol. The van der Waals surface area contributed by atoms with E-state index < -0.39 is 0 Å². The number of hydrazine groups is 1. The number of halogens is 1. The van der Waals surface area contributed by atoms with Gasteiger partial charge in [-0.1, -0.05) is 25.8 Å². The highest BCUT2D eigenvalue weighted by atomic mass is 35.5. The second-order valence-corrected chi connectivity index (χ2v) is 5.54. The van der Waals surface area contributed by atoms with Crippen molar-refractivity contribution >= 4 is 12.4 Å². The molecular formula is C16H25ClN2O2. The summed E-state index contributed by atoms with van der Waals surface area (Å²) in [6.45, 7) is 6.97. The van der Waals surface area contributed by atoms with E-state index in [0.29, 0.717) is 6.79 Å². The topological polar surface area (TPSA) is 24.9 Å². The zero-order chi connectivity index (χ0) is 13.8. The maximum absolute atomic E-state index is 5.47. The van der Waals surface area contributed by atoms with Gasteiger partial charge < -0.3 is 9.47 Å². The summed E-state index contributed by atoms with van der Waals surface area (Å²) in [6, 6.07) is 6.28. The Kier molecular flexibility index (Phi) is 6.15. The van der Waals surface area contributed by atoms with Crippen molar-refractivity contribution in [2.45, 2.75) is 39.2 Å². The van der Waals surface area contributed by atoms with E-state index >= 15 is 0 Å². The highest BCUT2D eigenvalue weighted by molar-refractivity contribution is 5.85. The van der Waals surface area contributed by atoms with E-state index in [1.54, 1.807) is 0 Å². The average Bonchev–Trinajstić information content (AvgIpc) is 2.77. The molecule has 21 heavy (non-hydrogen) atoms. The smallest absolute Gasteiger partial charge is 0.231 e. The molecule has 0 aliphatic carbocycles. The second kappa shape index (κ2) is 7.87. The summed E-state index contributed by atoms with van der Waals surface area (Å²) in [6.07, 6.45) is 5.38. The molecule has 4 nitrogen and oxygen atoms in total. The first-order chi connectivity index (χ1) is 9.86. The molecule has 0 spiro atoms. The Morgan fingerprint density at radius 1 is 1.05 bits per heavy atom. The highest BCUT2D eigenvalue weighted by Gasteiger charge is 2.18. The fraction of sp³-hybridized carbons (Fsp3) is 0.625. The number of benzene rings is 1. The number of ether oxygens (including phenoxy) is 2. The third-order valence-corrected chi connectivity index (χ3v) is 4.15. The minimum absolute atomic E-state index is 0. The van der Waals surface area contributed by atoms with Crippen LogP contribution < -0.4 is 9.47 Å². The third kappa shape index (κ3) is 4.02. The molecule has 0 amide bonds. The third-order valence-electron chi connectivity index (χ3n) is 4.15. The summed E-state index contributed by atoms with van der Waals surface area (Å²) >= 11 is 0. The second-order valence-electron chi connectivity index (χ2n) is 5.54. The van der Waals surface area contributed by atoms with Crippen LogP contribution in [0.15, 0.2) is 18.2 Å². The van der Waals surface area contributed by atoms with Gasteiger partial charge in [-0.3, -0.25) is 0 Å². The molecule has 0 aromatic heterocycles. The fourth-order valence-corrected chi connectivity index (χ4v) is 3.00. The first-order valence-electron chi connectivity index (χ1n) is 7.75. The van der Waals surface area contributed by atoms with Crippen LogP contribution >= 0.6 is 12.4 Å². The normalized spacial score (nSPS) is 18.4. The van der Waals surface area contributed by atoms with Crippen molar-refractivity contribution in [3.8, 4) is 11.5 Å². The summed E-state index contributed by atoms with van der Waals surface area (Å²) in [7, 11) is 0. The van der Waals surface area contributed by atoms with Gasteiger partial charge in [0.15, 0.2) is 11.5 Å². The van der Waals surface area contributed by atoms with E-state index in [2.05, 4.69) is 29.1 Å². The maximum Gasteiger partial charge on any atom is 0.231 e. The Labute approximate surface area is 133 Å². The van der Waals surface area contributed by atoms with Crippen LogP contribution in [0, 0.1) is 0 Å². The van der Waals surface area contributed by atoms with Gasteiger partial charge in [-0.05, 0) is 30.5 Å². The number of hydrogen-bond acceptors (Lipinski definition) is 4. The summed E-state index contributed by atoms with van der Waals surface area (Å²) in [5, 5.41) is 4.99. The van der Waals surface area contributed by atoms with Crippen molar-refractivity contribution in [2.24, 2.45) is 0 Å². The largest absolute Gasteiger partial charge is 0.454 e. The summed E-state index contributed by atoms with van der Waals surface area (Å²) in [5.41, 5.74) is 1.29. The highest BCUT2D eigenvalue weighted by Crippen LogP contribution is 2.33. The van der Waals surface area contributed by atoms with E-state index in [1.807, 2.05) is 6.07 Å². The lowest BCUT2D eigenvalue weighted by molar-refractivity contribution is -0.0258. The molecule has 1 aromatic carbocycles. The molecule has 3 rings (SSSR count). The molecule has 0 N–H and O–H groups in total. The van der Waals surface area contributed by atoms with Crippen LogP contribution in [0.3, 0.4) is 0 Å². The minimum Gasteiger partial charge on any atom is -0.454 e. The number of fused-ring (bicyclic) bond motifs is 1. The van der Waals surface area contributed by atoms with Gasteiger partial charge in [0.1, 0.15) is 0 Å². The molecule has 0 bridgehead atoms. The van der Waals surface area contributed by atoms with Crippen LogP contribution in [-0.2, 0) is 6.54 Å². The molecule has 118 valence electrons. The summed E-state index contributed by atoms with van der Waals surface area (Å²) < 4.78 is 10.8.